The van der Waals surface area contributed by atoms with Crippen molar-refractivity contribution in [1.82, 2.24) is 4.57 Å². The first kappa shape index (κ1) is 9.52. The number of benzene rings is 1. The Morgan fingerprint density at radius 1 is 1.53 bits per heavy atom. The van der Waals surface area contributed by atoms with E-state index in [1.807, 2.05) is 29.8 Å². The van der Waals surface area contributed by atoms with E-state index in [0.29, 0.717) is 5.56 Å². The summed E-state index contributed by atoms with van der Waals surface area (Å²) in [6, 6.07) is 5.79. The van der Waals surface area contributed by atoms with E-state index in [4.69, 9.17) is 5.73 Å². The first-order valence-electron chi connectivity index (χ1n) is 4.65. The zero-order chi connectivity index (χ0) is 11.0. The summed E-state index contributed by atoms with van der Waals surface area (Å²) in [4.78, 5) is 11.2. The lowest BCUT2D eigenvalue weighted by Gasteiger charge is -1.97. The van der Waals surface area contributed by atoms with Gasteiger partial charge in [-0.1, -0.05) is 24.8 Å². The highest BCUT2D eigenvalue weighted by molar-refractivity contribution is 6.06. The van der Waals surface area contributed by atoms with Gasteiger partial charge in [-0.2, -0.15) is 0 Å². The molecule has 3 heteroatoms. The van der Waals surface area contributed by atoms with Gasteiger partial charge >= 0.3 is 0 Å². The highest BCUT2D eigenvalue weighted by Crippen LogP contribution is 2.21. The van der Waals surface area contributed by atoms with Crippen LogP contribution in [0.1, 0.15) is 15.9 Å². The van der Waals surface area contributed by atoms with Crippen molar-refractivity contribution in [3.63, 3.8) is 0 Å². The highest BCUT2D eigenvalue weighted by atomic mass is 16.1. The molecule has 1 aromatic carbocycles. The predicted octanol–water partition coefficient (Wildman–Crippen LogP) is 1.92. The number of aromatic nitrogens is 1. The summed E-state index contributed by atoms with van der Waals surface area (Å²) in [5.41, 5.74) is 7.86. The minimum atomic E-state index is -0.396. The molecule has 2 rings (SSSR count). The molecule has 1 amide bonds. The maximum Gasteiger partial charge on any atom is 0.250 e. The van der Waals surface area contributed by atoms with Gasteiger partial charge in [0.25, 0.3) is 5.91 Å². The minimum absolute atomic E-state index is 0.396. The van der Waals surface area contributed by atoms with Gasteiger partial charge in [0.1, 0.15) is 0 Å². The molecule has 76 valence electrons. The molecule has 2 N–H and O–H groups in total. The first-order chi connectivity index (χ1) is 7.13. The van der Waals surface area contributed by atoms with Crippen LogP contribution < -0.4 is 5.73 Å². The average molecular weight is 200 g/mol. The SMILES string of the molecule is C=Cc1ccc2c(C(N)=O)cn(C)c2c1. The number of nitrogens with two attached hydrogens (primary N) is 1. The number of fused-ring (bicyclic) bond motifs is 1. The summed E-state index contributed by atoms with van der Waals surface area (Å²) >= 11 is 0. The van der Waals surface area contributed by atoms with Gasteiger partial charge in [0, 0.05) is 24.1 Å². The van der Waals surface area contributed by atoms with E-state index in [2.05, 4.69) is 6.58 Å². The molecule has 1 aromatic heterocycles. The van der Waals surface area contributed by atoms with Crippen LogP contribution in [0, 0.1) is 0 Å². The summed E-state index contributed by atoms with van der Waals surface area (Å²) < 4.78 is 1.89. The smallest absolute Gasteiger partial charge is 0.250 e. The Morgan fingerprint density at radius 3 is 2.87 bits per heavy atom. The normalized spacial score (nSPS) is 10.5. The van der Waals surface area contributed by atoms with Gasteiger partial charge in [0.2, 0.25) is 0 Å². The number of rotatable bonds is 2. The van der Waals surface area contributed by atoms with Gasteiger partial charge in [-0.25, -0.2) is 0 Å². The van der Waals surface area contributed by atoms with Crippen LogP contribution in [0.5, 0.6) is 0 Å². The van der Waals surface area contributed by atoms with E-state index in [1.165, 1.54) is 0 Å². The summed E-state index contributed by atoms with van der Waals surface area (Å²) in [7, 11) is 1.89. The van der Waals surface area contributed by atoms with Crippen molar-refractivity contribution in [2.45, 2.75) is 0 Å². The third kappa shape index (κ3) is 1.42. The molecule has 0 atom stereocenters. The number of primary amides is 1. The Bertz CT molecular complexity index is 552. The average Bonchev–Trinajstić information content (AvgIpc) is 2.56. The maximum atomic E-state index is 11.2. The fourth-order valence-corrected chi connectivity index (χ4v) is 1.72. The number of hydrogen-bond acceptors (Lipinski definition) is 1. The van der Waals surface area contributed by atoms with Crippen LogP contribution >= 0.6 is 0 Å². The van der Waals surface area contributed by atoms with Crippen LogP contribution in [0.3, 0.4) is 0 Å². The van der Waals surface area contributed by atoms with Crippen molar-refractivity contribution in [3.05, 3.63) is 42.1 Å². The summed E-state index contributed by atoms with van der Waals surface area (Å²) in [5, 5.41) is 0.885. The Balaban J connectivity index is 2.80. The molecule has 0 spiro atoms. The lowest BCUT2D eigenvalue weighted by molar-refractivity contribution is 0.100. The monoisotopic (exact) mass is 200 g/mol. The topological polar surface area (TPSA) is 48.0 Å². The van der Waals surface area contributed by atoms with Crippen LogP contribution in [-0.2, 0) is 7.05 Å². The van der Waals surface area contributed by atoms with E-state index in [1.54, 1.807) is 12.3 Å². The second-order valence-corrected chi connectivity index (χ2v) is 3.50. The summed E-state index contributed by atoms with van der Waals surface area (Å²) in [5.74, 6) is -0.396. The number of amides is 1. The quantitative estimate of drug-likeness (QED) is 0.791. The van der Waals surface area contributed by atoms with Crippen molar-refractivity contribution in [1.29, 1.82) is 0 Å². The number of nitrogens with zero attached hydrogens (tertiary/aromatic N) is 1. The standard InChI is InChI=1S/C12H12N2O/c1-3-8-4-5-9-10(12(13)15)7-14(2)11(9)6-8/h3-7H,1H2,2H3,(H2,13,15). The molecule has 0 aliphatic rings. The zero-order valence-electron chi connectivity index (χ0n) is 8.53. The van der Waals surface area contributed by atoms with Crippen molar-refractivity contribution in [2.24, 2.45) is 12.8 Å². The molecule has 0 radical (unpaired) electrons. The third-order valence-corrected chi connectivity index (χ3v) is 2.52. The van der Waals surface area contributed by atoms with E-state index >= 15 is 0 Å². The molecule has 0 saturated carbocycles. The van der Waals surface area contributed by atoms with Crippen LogP contribution in [-0.4, -0.2) is 10.5 Å². The van der Waals surface area contributed by atoms with E-state index in [9.17, 15) is 4.79 Å². The second-order valence-electron chi connectivity index (χ2n) is 3.50. The number of aryl methyl sites for hydroxylation is 1. The number of carbonyl (C=O) groups excluding carboxylic acids is 1. The zero-order valence-corrected chi connectivity index (χ0v) is 8.53. The molecule has 15 heavy (non-hydrogen) atoms. The molecule has 0 bridgehead atoms. The number of hydrogen-bond donors (Lipinski definition) is 1. The van der Waals surface area contributed by atoms with Crippen LogP contribution in [0.25, 0.3) is 17.0 Å². The van der Waals surface area contributed by atoms with E-state index in [0.717, 1.165) is 16.5 Å². The van der Waals surface area contributed by atoms with Crippen molar-refractivity contribution in [3.8, 4) is 0 Å². The Labute approximate surface area is 87.8 Å². The maximum absolute atomic E-state index is 11.2. The fraction of sp³-hybridized carbons (Fsp3) is 0.0833. The minimum Gasteiger partial charge on any atom is -0.366 e. The molecule has 0 unspecified atom stereocenters. The molecule has 0 saturated heterocycles. The van der Waals surface area contributed by atoms with Gasteiger partial charge in [-0.3, -0.25) is 4.79 Å². The largest absolute Gasteiger partial charge is 0.366 e. The third-order valence-electron chi connectivity index (χ3n) is 2.52. The predicted molar refractivity (Wildman–Crippen MR) is 61.5 cm³/mol. The van der Waals surface area contributed by atoms with Crippen molar-refractivity contribution in [2.75, 3.05) is 0 Å². The summed E-state index contributed by atoms with van der Waals surface area (Å²) in [6.07, 6.45) is 3.52. The molecule has 1 heterocycles. The molecule has 3 nitrogen and oxygen atoms in total. The highest BCUT2D eigenvalue weighted by Gasteiger charge is 2.10. The Morgan fingerprint density at radius 2 is 2.27 bits per heavy atom. The molecular weight excluding hydrogens is 188 g/mol. The fourth-order valence-electron chi connectivity index (χ4n) is 1.72. The van der Waals surface area contributed by atoms with E-state index < -0.39 is 5.91 Å². The number of carbonyl (C=O) groups is 1. The lowest BCUT2D eigenvalue weighted by atomic mass is 10.1. The molecule has 2 aromatic rings. The van der Waals surface area contributed by atoms with E-state index in [-0.39, 0.29) is 0 Å². The first-order valence-corrected chi connectivity index (χ1v) is 4.65. The van der Waals surface area contributed by atoms with Gasteiger partial charge in [0.15, 0.2) is 0 Å². The van der Waals surface area contributed by atoms with Crippen molar-refractivity contribution >= 4 is 22.9 Å². The van der Waals surface area contributed by atoms with Gasteiger partial charge in [-0.05, 0) is 11.6 Å². The molecule has 0 fully saturated rings. The van der Waals surface area contributed by atoms with Crippen LogP contribution in [0.15, 0.2) is 31.0 Å². The Kier molecular flexibility index (Phi) is 2.08. The molecule has 0 aliphatic heterocycles. The van der Waals surface area contributed by atoms with Gasteiger partial charge in [0.05, 0.1) is 5.56 Å². The Hall–Kier alpha value is -2.03. The summed E-state index contributed by atoms with van der Waals surface area (Å²) in [6.45, 7) is 3.71. The van der Waals surface area contributed by atoms with Crippen molar-refractivity contribution < 1.29 is 4.79 Å². The van der Waals surface area contributed by atoms with Crippen LogP contribution in [0.4, 0.5) is 0 Å². The second kappa shape index (κ2) is 3.28. The molecular formula is C12H12N2O. The van der Waals surface area contributed by atoms with Gasteiger partial charge < -0.3 is 10.3 Å². The van der Waals surface area contributed by atoms with Crippen LogP contribution in [0.2, 0.25) is 0 Å². The van der Waals surface area contributed by atoms with Gasteiger partial charge in [-0.15, -0.1) is 0 Å². The molecule has 0 aliphatic carbocycles. The lowest BCUT2D eigenvalue weighted by Crippen LogP contribution is -2.09.